The second-order valence-corrected chi connectivity index (χ2v) is 4.28. The molecule has 0 atom stereocenters. The van der Waals surface area contributed by atoms with Crippen molar-refractivity contribution < 1.29 is 4.79 Å². The minimum absolute atomic E-state index is 0.123. The highest BCUT2D eigenvalue weighted by atomic mass is 35.5. The molecule has 8 heteroatoms. The Hall–Kier alpha value is -2.12. The maximum Gasteiger partial charge on any atom is 0.271 e. The van der Waals surface area contributed by atoms with Crippen LogP contribution in [0.4, 0.5) is 5.82 Å². The fraction of sp³-hybridized carbons (Fsp3) is 0.182. The van der Waals surface area contributed by atoms with E-state index in [1.165, 1.54) is 0 Å². The van der Waals surface area contributed by atoms with E-state index in [1.54, 1.807) is 18.3 Å². The molecular weight excluding hydrogens is 268 g/mol. The minimum Gasteiger partial charge on any atom is -0.346 e. The molecular formula is C11H13ClN6O. The number of H-pyrrole nitrogens is 1. The number of nitrogen functional groups attached to an aromatic ring is 1. The summed E-state index contributed by atoms with van der Waals surface area (Å²) in [5, 5.41) is 9.65. The van der Waals surface area contributed by atoms with Crippen molar-refractivity contribution in [1.29, 1.82) is 0 Å². The molecule has 0 fully saturated rings. The van der Waals surface area contributed by atoms with Gasteiger partial charge in [-0.25, -0.2) is 10.8 Å². The summed E-state index contributed by atoms with van der Waals surface area (Å²) in [5.41, 5.74) is 4.29. The highest BCUT2D eigenvalue weighted by Crippen LogP contribution is 2.16. The van der Waals surface area contributed by atoms with Gasteiger partial charge >= 0.3 is 0 Å². The number of rotatable bonds is 4. The molecule has 2 aromatic heterocycles. The SMILES string of the molecule is Cc1[nH]ncc1CNC(=O)c1nc(NN)ccc1Cl. The van der Waals surface area contributed by atoms with Crippen LogP contribution in [0.1, 0.15) is 21.7 Å². The molecule has 0 saturated carbocycles. The monoisotopic (exact) mass is 280 g/mol. The van der Waals surface area contributed by atoms with E-state index in [2.05, 4.69) is 25.9 Å². The van der Waals surface area contributed by atoms with Crippen molar-refractivity contribution in [2.75, 3.05) is 5.43 Å². The maximum absolute atomic E-state index is 12.0. The molecule has 0 radical (unpaired) electrons. The Morgan fingerprint density at radius 2 is 2.32 bits per heavy atom. The van der Waals surface area contributed by atoms with E-state index >= 15 is 0 Å². The molecule has 0 spiro atoms. The summed E-state index contributed by atoms with van der Waals surface area (Å²) < 4.78 is 0. The van der Waals surface area contributed by atoms with Crippen LogP contribution in [-0.2, 0) is 6.54 Å². The first-order chi connectivity index (χ1) is 9.11. The van der Waals surface area contributed by atoms with Crippen molar-refractivity contribution in [3.63, 3.8) is 0 Å². The predicted octanol–water partition coefficient (Wildman–Crippen LogP) is 0.982. The minimum atomic E-state index is -0.372. The van der Waals surface area contributed by atoms with Gasteiger partial charge in [-0.3, -0.25) is 9.89 Å². The third-order valence-electron chi connectivity index (χ3n) is 2.58. The average Bonchev–Trinajstić information content (AvgIpc) is 2.82. The number of hydrogen-bond donors (Lipinski definition) is 4. The summed E-state index contributed by atoms with van der Waals surface area (Å²) in [5.74, 6) is 5.24. The standard InChI is InChI=1S/C11H13ClN6O/c1-6-7(5-15-18-6)4-14-11(19)10-8(12)2-3-9(16-10)17-13/h2-3,5H,4,13H2,1H3,(H,14,19)(H,15,18)(H,16,17). The fourth-order valence-electron chi connectivity index (χ4n) is 1.49. The van der Waals surface area contributed by atoms with Crippen LogP contribution >= 0.6 is 11.6 Å². The van der Waals surface area contributed by atoms with E-state index in [-0.39, 0.29) is 16.6 Å². The van der Waals surface area contributed by atoms with E-state index in [9.17, 15) is 4.79 Å². The van der Waals surface area contributed by atoms with Gasteiger partial charge in [0.25, 0.3) is 5.91 Å². The lowest BCUT2D eigenvalue weighted by molar-refractivity contribution is 0.0946. The number of anilines is 1. The molecule has 0 saturated heterocycles. The van der Waals surface area contributed by atoms with Gasteiger partial charge in [0.1, 0.15) is 11.5 Å². The predicted molar refractivity (Wildman–Crippen MR) is 71.6 cm³/mol. The van der Waals surface area contributed by atoms with Crippen LogP contribution in [0.25, 0.3) is 0 Å². The van der Waals surface area contributed by atoms with Crippen molar-refractivity contribution in [3.8, 4) is 0 Å². The smallest absolute Gasteiger partial charge is 0.271 e. The number of nitrogens with zero attached hydrogens (tertiary/aromatic N) is 2. The van der Waals surface area contributed by atoms with Crippen molar-refractivity contribution in [3.05, 3.63) is 40.3 Å². The molecule has 5 N–H and O–H groups in total. The number of carbonyl (C=O) groups excluding carboxylic acids is 1. The Balaban J connectivity index is 2.10. The summed E-state index contributed by atoms with van der Waals surface area (Å²) in [4.78, 5) is 16.0. The second-order valence-electron chi connectivity index (χ2n) is 3.87. The number of nitrogens with one attached hydrogen (secondary N) is 3. The second kappa shape index (κ2) is 5.68. The Morgan fingerprint density at radius 1 is 1.53 bits per heavy atom. The molecule has 0 bridgehead atoms. The molecule has 7 nitrogen and oxygen atoms in total. The zero-order valence-corrected chi connectivity index (χ0v) is 11.0. The van der Waals surface area contributed by atoms with Crippen LogP contribution in [0.2, 0.25) is 5.02 Å². The molecule has 19 heavy (non-hydrogen) atoms. The zero-order valence-electron chi connectivity index (χ0n) is 10.2. The van der Waals surface area contributed by atoms with Gasteiger partial charge < -0.3 is 10.7 Å². The summed E-state index contributed by atoms with van der Waals surface area (Å²) in [6.45, 7) is 2.22. The average molecular weight is 281 g/mol. The Morgan fingerprint density at radius 3 is 2.95 bits per heavy atom. The zero-order chi connectivity index (χ0) is 13.8. The number of carbonyl (C=O) groups is 1. The van der Waals surface area contributed by atoms with E-state index in [4.69, 9.17) is 17.4 Å². The molecule has 0 aliphatic carbocycles. The summed E-state index contributed by atoms with van der Waals surface area (Å²) >= 11 is 5.93. The van der Waals surface area contributed by atoms with Crippen molar-refractivity contribution in [2.24, 2.45) is 5.84 Å². The number of hydrogen-bond acceptors (Lipinski definition) is 5. The van der Waals surface area contributed by atoms with E-state index in [0.29, 0.717) is 12.4 Å². The highest BCUT2D eigenvalue weighted by molar-refractivity contribution is 6.33. The number of pyridine rings is 1. The van der Waals surface area contributed by atoms with Gasteiger partial charge in [0.2, 0.25) is 0 Å². The van der Waals surface area contributed by atoms with Crippen molar-refractivity contribution >= 4 is 23.3 Å². The van der Waals surface area contributed by atoms with Gasteiger partial charge in [-0.2, -0.15) is 5.10 Å². The Bertz CT molecular complexity index is 597. The summed E-state index contributed by atoms with van der Waals surface area (Å²) in [7, 11) is 0. The molecule has 100 valence electrons. The van der Waals surface area contributed by atoms with Crippen LogP contribution in [0.3, 0.4) is 0 Å². The van der Waals surface area contributed by atoms with Gasteiger partial charge in [0.05, 0.1) is 11.2 Å². The molecule has 2 heterocycles. The number of amides is 1. The topological polar surface area (TPSA) is 109 Å². The van der Waals surface area contributed by atoms with Crippen molar-refractivity contribution in [1.82, 2.24) is 20.5 Å². The number of aromatic nitrogens is 3. The van der Waals surface area contributed by atoms with Gasteiger partial charge in [0.15, 0.2) is 0 Å². The lowest BCUT2D eigenvalue weighted by Gasteiger charge is -2.07. The number of halogens is 1. The van der Waals surface area contributed by atoms with E-state index in [0.717, 1.165) is 11.3 Å². The van der Waals surface area contributed by atoms with Crippen LogP contribution in [0, 0.1) is 6.92 Å². The highest BCUT2D eigenvalue weighted by Gasteiger charge is 2.13. The van der Waals surface area contributed by atoms with E-state index < -0.39 is 0 Å². The van der Waals surface area contributed by atoms with Crippen molar-refractivity contribution in [2.45, 2.75) is 13.5 Å². The van der Waals surface area contributed by atoms with Gasteiger partial charge in [0, 0.05) is 17.8 Å². The van der Waals surface area contributed by atoms with Gasteiger partial charge in [-0.1, -0.05) is 11.6 Å². The summed E-state index contributed by atoms with van der Waals surface area (Å²) in [6.07, 6.45) is 1.66. The maximum atomic E-state index is 12.0. The lowest BCUT2D eigenvalue weighted by Crippen LogP contribution is -2.25. The molecule has 2 rings (SSSR count). The molecule has 0 aliphatic heterocycles. The van der Waals surface area contributed by atoms with Crippen LogP contribution in [0.15, 0.2) is 18.3 Å². The first-order valence-corrected chi connectivity index (χ1v) is 5.90. The van der Waals surface area contributed by atoms with Crippen LogP contribution < -0.4 is 16.6 Å². The molecule has 0 aliphatic rings. The first-order valence-electron chi connectivity index (χ1n) is 5.52. The largest absolute Gasteiger partial charge is 0.346 e. The van der Waals surface area contributed by atoms with Gasteiger partial charge in [-0.05, 0) is 19.1 Å². The lowest BCUT2D eigenvalue weighted by atomic mass is 10.2. The number of aromatic amines is 1. The van der Waals surface area contributed by atoms with Crippen LogP contribution in [0.5, 0.6) is 0 Å². The molecule has 0 unspecified atom stereocenters. The normalized spacial score (nSPS) is 10.3. The number of hydrazine groups is 1. The molecule has 1 amide bonds. The number of nitrogens with two attached hydrogens (primary N) is 1. The molecule has 0 aromatic carbocycles. The fourth-order valence-corrected chi connectivity index (χ4v) is 1.69. The first kappa shape index (κ1) is 13.3. The van der Waals surface area contributed by atoms with Crippen LogP contribution in [-0.4, -0.2) is 21.1 Å². The Labute approximate surface area is 114 Å². The van der Waals surface area contributed by atoms with Gasteiger partial charge in [-0.15, -0.1) is 0 Å². The number of aryl methyl sites for hydroxylation is 1. The third-order valence-corrected chi connectivity index (χ3v) is 2.89. The van der Waals surface area contributed by atoms with E-state index in [1.807, 2.05) is 6.92 Å². The molecule has 2 aromatic rings. The Kier molecular flexibility index (Phi) is 3.98. The third kappa shape index (κ3) is 3.01. The quantitative estimate of drug-likeness (QED) is 0.493. The summed E-state index contributed by atoms with van der Waals surface area (Å²) in [6, 6.07) is 3.14.